The summed E-state index contributed by atoms with van der Waals surface area (Å²) in [6, 6.07) is 0. The first kappa shape index (κ1) is 15.6. The monoisotopic (exact) mass is 268 g/mol. The molecule has 104 valence electrons. The molecule has 2 nitrogen and oxygen atoms in total. The van der Waals surface area contributed by atoms with E-state index in [0.717, 1.165) is 19.5 Å². The first-order valence-corrected chi connectivity index (χ1v) is 7.65. The summed E-state index contributed by atoms with van der Waals surface area (Å²) in [5.41, 5.74) is 1.72. The largest absolute Gasteiger partial charge is 0.312 e. The van der Waals surface area contributed by atoms with Crippen molar-refractivity contribution in [3.05, 3.63) is 15.6 Å². The highest BCUT2D eigenvalue weighted by Gasteiger charge is 2.24. The zero-order chi connectivity index (χ0) is 14.0. The van der Waals surface area contributed by atoms with Gasteiger partial charge in [0.25, 0.3) is 0 Å². The average molecular weight is 268 g/mol. The maximum atomic E-state index is 4.90. The van der Waals surface area contributed by atoms with Gasteiger partial charge in [-0.2, -0.15) is 0 Å². The van der Waals surface area contributed by atoms with Gasteiger partial charge in [-0.3, -0.25) is 0 Å². The van der Waals surface area contributed by atoms with Crippen LogP contribution in [0.5, 0.6) is 0 Å². The van der Waals surface area contributed by atoms with Gasteiger partial charge in [-0.25, -0.2) is 4.98 Å². The van der Waals surface area contributed by atoms with Crippen LogP contribution in [0.4, 0.5) is 0 Å². The van der Waals surface area contributed by atoms with Crippen molar-refractivity contribution in [3.8, 4) is 0 Å². The molecule has 18 heavy (non-hydrogen) atoms. The van der Waals surface area contributed by atoms with Crippen molar-refractivity contribution in [1.29, 1.82) is 0 Å². The van der Waals surface area contributed by atoms with Crippen molar-refractivity contribution in [2.45, 2.75) is 66.8 Å². The van der Waals surface area contributed by atoms with Gasteiger partial charge in [0.2, 0.25) is 0 Å². The third kappa shape index (κ3) is 4.69. The van der Waals surface area contributed by atoms with Gasteiger partial charge in [0, 0.05) is 23.3 Å². The van der Waals surface area contributed by atoms with Crippen molar-refractivity contribution in [2.24, 2.45) is 5.41 Å². The highest BCUT2D eigenvalue weighted by atomic mass is 32.1. The fraction of sp³-hybridized carbons (Fsp3) is 0.800. The molecule has 1 aromatic heterocycles. The van der Waals surface area contributed by atoms with Crippen molar-refractivity contribution >= 4 is 11.3 Å². The molecule has 0 radical (unpaired) electrons. The zero-order valence-electron chi connectivity index (χ0n) is 13.0. The van der Waals surface area contributed by atoms with Crippen LogP contribution in [0.1, 0.15) is 64.0 Å². The summed E-state index contributed by atoms with van der Waals surface area (Å²) in [5, 5.41) is 4.70. The summed E-state index contributed by atoms with van der Waals surface area (Å²) in [6.07, 6.45) is 1.06. The molecule has 0 spiro atoms. The summed E-state index contributed by atoms with van der Waals surface area (Å²) < 4.78 is 0. The molecule has 0 aliphatic heterocycles. The molecule has 0 amide bonds. The quantitative estimate of drug-likeness (QED) is 0.888. The second-order valence-electron chi connectivity index (χ2n) is 7.15. The van der Waals surface area contributed by atoms with Gasteiger partial charge in [-0.15, -0.1) is 11.3 Å². The molecular weight excluding hydrogens is 240 g/mol. The standard InChI is InChI=1S/C15H28N2S/c1-8-16-10-11-13(15(5,6)7)17-12(18-11)9-14(2,3)4/h16H,8-10H2,1-7H3. The summed E-state index contributed by atoms with van der Waals surface area (Å²) in [7, 11) is 0. The molecule has 1 heterocycles. The maximum Gasteiger partial charge on any atom is 0.0937 e. The third-order valence-corrected chi connectivity index (χ3v) is 3.72. The van der Waals surface area contributed by atoms with Crippen LogP contribution in [0.25, 0.3) is 0 Å². The maximum absolute atomic E-state index is 4.90. The number of thiazole rings is 1. The number of rotatable bonds is 4. The molecule has 1 rings (SSSR count). The van der Waals surface area contributed by atoms with E-state index < -0.39 is 0 Å². The number of nitrogens with zero attached hydrogens (tertiary/aromatic N) is 1. The fourth-order valence-corrected chi connectivity index (χ4v) is 3.42. The van der Waals surface area contributed by atoms with Crippen LogP contribution >= 0.6 is 11.3 Å². The van der Waals surface area contributed by atoms with E-state index in [1.807, 2.05) is 11.3 Å². The predicted octanol–water partition coefficient (Wildman–Crippen LogP) is 4.14. The van der Waals surface area contributed by atoms with Crippen LogP contribution in [0.2, 0.25) is 0 Å². The Labute approximate surface area is 116 Å². The van der Waals surface area contributed by atoms with Gasteiger partial charge in [-0.1, -0.05) is 48.5 Å². The van der Waals surface area contributed by atoms with Gasteiger partial charge < -0.3 is 5.32 Å². The minimum absolute atomic E-state index is 0.136. The minimum atomic E-state index is 0.136. The van der Waals surface area contributed by atoms with E-state index >= 15 is 0 Å². The SMILES string of the molecule is CCNCc1sc(CC(C)(C)C)nc1C(C)(C)C. The summed E-state index contributed by atoms with van der Waals surface area (Å²) >= 11 is 1.88. The highest BCUT2D eigenvalue weighted by molar-refractivity contribution is 7.11. The zero-order valence-corrected chi connectivity index (χ0v) is 13.8. The van der Waals surface area contributed by atoms with Gasteiger partial charge in [0.1, 0.15) is 0 Å². The molecule has 0 bridgehead atoms. The van der Waals surface area contributed by atoms with Gasteiger partial charge >= 0.3 is 0 Å². The Morgan fingerprint density at radius 1 is 1.11 bits per heavy atom. The summed E-state index contributed by atoms with van der Waals surface area (Å²) in [4.78, 5) is 6.30. The van der Waals surface area contributed by atoms with Crippen LogP contribution in [-0.2, 0) is 18.4 Å². The number of aromatic nitrogens is 1. The van der Waals surface area contributed by atoms with Gasteiger partial charge in [-0.05, 0) is 12.0 Å². The van der Waals surface area contributed by atoms with E-state index in [0.29, 0.717) is 5.41 Å². The highest BCUT2D eigenvalue weighted by Crippen LogP contribution is 2.32. The molecule has 0 fully saturated rings. The lowest BCUT2D eigenvalue weighted by atomic mass is 9.90. The molecule has 0 atom stereocenters. The predicted molar refractivity (Wildman–Crippen MR) is 81.4 cm³/mol. The van der Waals surface area contributed by atoms with Crippen LogP contribution in [-0.4, -0.2) is 11.5 Å². The fourth-order valence-electron chi connectivity index (χ4n) is 1.87. The first-order chi connectivity index (χ1) is 8.13. The van der Waals surface area contributed by atoms with E-state index in [1.54, 1.807) is 0 Å². The lowest BCUT2D eigenvalue weighted by Crippen LogP contribution is -2.18. The Morgan fingerprint density at radius 3 is 2.17 bits per heavy atom. The van der Waals surface area contributed by atoms with E-state index in [4.69, 9.17) is 4.98 Å². The number of hydrogen-bond acceptors (Lipinski definition) is 3. The lowest BCUT2D eigenvalue weighted by Gasteiger charge is -2.18. The van der Waals surface area contributed by atoms with Crippen LogP contribution < -0.4 is 5.32 Å². The minimum Gasteiger partial charge on any atom is -0.312 e. The molecule has 0 aliphatic rings. The Kier molecular flexibility index (Phi) is 4.96. The Hall–Kier alpha value is -0.410. The Balaban J connectivity index is 3.00. The molecular formula is C15H28N2S. The molecule has 0 unspecified atom stereocenters. The van der Waals surface area contributed by atoms with E-state index in [1.165, 1.54) is 15.6 Å². The lowest BCUT2D eigenvalue weighted by molar-refractivity contribution is 0.409. The average Bonchev–Trinajstić information content (AvgIpc) is 2.54. The van der Waals surface area contributed by atoms with Crippen molar-refractivity contribution < 1.29 is 0 Å². The second kappa shape index (κ2) is 5.70. The molecule has 3 heteroatoms. The van der Waals surface area contributed by atoms with E-state index in [2.05, 4.69) is 53.8 Å². The van der Waals surface area contributed by atoms with Crippen LogP contribution in [0.3, 0.4) is 0 Å². The molecule has 0 saturated carbocycles. The van der Waals surface area contributed by atoms with Crippen molar-refractivity contribution in [1.82, 2.24) is 10.3 Å². The van der Waals surface area contributed by atoms with Crippen molar-refractivity contribution in [2.75, 3.05) is 6.54 Å². The van der Waals surface area contributed by atoms with Crippen molar-refractivity contribution in [3.63, 3.8) is 0 Å². The molecule has 1 aromatic rings. The van der Waals surface area contributed by atoms with E-state index in [-0.39, 0.29) is 5.41 Å². The topological polar surface area (TPSA) is 24.9 Å². The van der Waals surface area contributed by atoms with Crippen LogP contribution in [0.15, 0.2) is 0 Å². The molecule has 0 aliphatic carbocycles. The van der Waals surface area contributed by atoms with Gasteiger partial charge in [0.15, 0.2) is 0 Å². The van der Waals surface area contributed by atoms with E-state index in [9.17, 15) is 0 Å². The first-order valence-electron chi connectivity index (χ1n) is 6.83. The van der Waals surface area contributed by atoms with Gasteiger partial charge in [0.05, 0.1) is 10.7 Å². The second-order valence-corrected chi connectivity index (χ2v) is 8.32. The summed E-state index contributed by atoms with van der Waals surface area (Å²) in [5.74, 6) is 0. The Morgan fingerprint density at radius 2 is 1.72 bits per heavy atom. The third-order valence-electron chi connectivity index (χ3n) is 2.67. The number of nitrogens with one attached hydrogen (secondary N) is 1. The summed E-state index contributed by atoms with van der Waals surface area (Å²) in [6.45, 7) is 17.7. The molecule has 0 saturated heterocycles. The van der Waals surface area contributed by atoms with Crippen LogP contribution in [0, 0.1) is 5.41 Å². The molecule has 0 aromatic carbocycles. The smallest absolute Gasteiger partial charge is 0.0937 e. The molecule has 1 N–H and O–H groups in total. The normalized spacial score (nSPS) is 13.1. The Bertz CT molecular complexity index is 380. The number of hydrogen-bond donors (Lipinski definition) is 1.